The van der Waals surface area contributed by atoms with Gasteiger partial charge in [0.05, 0.1) is 27.6 Å². The number of aliphatic hydroxyl groups excluding tert-OH is 1. The molecule has 0 spiro atoms. The number of hydrogen-bond donors (Lipinski definition) is 1. The maximum atomic E-state index is 12.3. The van der Waals surface area contributed by atoms with Gasteiger partial charge in [0.1, 0.15) is 12.6 Å². The molecule has 2 aromatic carbocycles. The molecule has 0 fully saturated rings. The summed E-state index contributed by atoms with van der Waals surface area (Å²) in [4.78, 5) is 12.3. The second-order valence-electron chi connectivity index (χ2n) is 7.02. The second kappa shape index (κ2) is 9.56. The number of hydrogen-bond acceptors (Lipinski definition) is 3. The van der Waals surface area contributed by atoms with Crippen LogP contribution < -0.4 is 12.4 Å². The van der Waals surface area contributed by atoms with Crippen LogP contribution in [0, 0.1) is 0 Å². The zero-order chi connectivity index (χ0) is 17.6. The van der Waals surface area contributed by atoms with Gasteiger partial charge in [0.25, 0.3) is 0 Å². The van der Waals surface area contributed by atoms with Crippen molar-refractivity contribution in [3.8, 4) is 0 Å². The van der Waals surface area contributed by atoms with Crippen LogP contribution in [0.2, 0.25) is 0 Å². The molecule has 0 bridgehead atoms. The van der Waals surface area contributed by atoms with Crippen molar-refractivity contribution in [2.75, 3.05) is 27.7 Å². The number of aliphatic hydroxyl groups is 1. The Balaban J connectivity index is 0.00000312. The summed E-state index contributed by atoms with van der Waals surface area (Å²) in [5, 5.41) is 10.1. The van der Waals surface area contributed by atoms with Crippen LogP contribution in [0.15, 0.2) is 60.7 Å². The van der Waals surface area contributed by atoms with Crippen LogP contribution >= 0.6 is 0 Å². The van der Waals surface area contributed by atoms with E-state index in [-0.39, 0.29) is 18.8 Å². The lowest BCUT2D eigenvalue weighted by Gasteiger charge is -2.26. The molecule has 2 aromatic rings. The van der Waals surface area contributed by atoms with Crippen molar-refractivity contribution >= 4 is 5.97 Å². The van der Waals surface area contributed by atoms with E-state index in [0.717, 1.165) is 11.1 Å². The zero-order valence-corrected chi connectivity index (χ0v) is 15.7. The zero-order valence-electron chi connectivity index (χ0n) is 14.9. The number of benzene rings is 2. The van der Waals surface area contributed by atoms with E-state index in [2.05, 4.69) is 0 Å². The molecule has 0 radical (unpaired) electrons. The smallest absolute Gasteiger partial charge is 0.309 e. The molecule has 0 saturated carbocycles. The Bertz CT molecular complexity index is 601. The highest BCUT2D eigenvalue weighted by Crippen LogP contribution is 2.26. The van der Waals surface area contributed by atoms with Crippen LogP contribution in [0.25, 0.3) is 0 Å². The molecule has 0 aliphatic carbocycles. The van der Waals surface area contributed by atoms with Crippen molar-refractivity contribution in [1.82, 2.24) is 0 Å². The van der Waals surface area contributed by atoms with E-state index in [4.69, 9.17) is 4.74 Å². The van der Waals surface area contributed by atoms with Gasteiger partial charge in [-0.2, -0.15) is 0 Å². The molecule has 0 amide bonds. The normalized spacial score (nSPS) is 12.4. The third kappa shape index (κ3) is 7.26. The number of esters is 1. The number of quaternary nitrogens is 1. The lowest BCUT2D eigenvalue weighted by Crippen LogP contribution is -3.00. The van der Waals surface area contributed by atoms with Crippen LogP contribution in [0.3, 0.4) is 0 Å². The monoisotopic (exact) mass is 363 g/mol. The SMILES string of the molecule is C[N+](C)(C)C[C@@H](O)CC(=O)OC(c1ccccc1)c1ccccc1.[Cl-]. The molecule has 136 valence electrons. The Hall–Kier alpha value is -1.88. The molecule has 1 N–H and O–H groups in total. The van der Waals surface area contributed by atoms with E-state index in [1.54, 1.807) is 0 Å². The minimum atomic E-state index is -0.718. The number of likely N-dealkylation sites (N-methyl/N-ethyl adjacent to an activating group) is 1. The van der Waals surface area contributed by atoms with Crippen molar-refractivity contribution in [2.45, 2.75) is 18.6 Å². The van der Waals surface area contributed by atoms with Gasteiger partial charge >= 0.3 is 5.97 Å². The van der Waals surface area contributed by atoms with Crippen molar-refractivity contribution in [3.63, 3.8) is 0 Å². The minimum absolute atomic E-state index is 0. The number of carbonyl (C=O) groups is 1. The molecule has 0 aliphatic heterocycles. The van der Waals surface area contributed by atoms with Crippen LogP contribution in [0.4, 0.5) is 0 Å². The summed E-state index contributed by atoms with van der Waals surface area (Å²) >= 11 is 0. The topological polar surface area (TPSA) is 46.5 Å². The quantitative estimate of drug-likeness (QED) is 0.546. The van der Waals surface area contributed by atoms with Gasteiger partial charge in [0.2, 0.25) is 0 Å². The van der Waals surface area contributed by atoms with Gasteiger partial charge < -0.3 is 26.7 Å². The predicted molar refractivity (Wildman–Crippen MR) is 94.3 cm³/mol. The fourth-order valence-corrected chi connectivity index (χ4v) is 2.65. The summed E-state index contributed by atoms with van der Waals surface area (Å²) in [7, 11) is 5.93. The van der Waals surface area contributed by atoms with Crippen LogP contribution in [0.5, 0.6) is 0 Å². The van der Waals surface area contributed by atoms with E-state index < -0.39 is 18.2 Å². The average molecular weight is 364 g/mol. The van der Waals surface area contributed by atoms with Gasteiger partial charge in [0, 0.05) is 0 Å². The number of rotatable bonds is 7. The lowest BCUT2D eigenvalue weighted by molar-refractivity contribution is -0.873. The van der Waals surface area contributed by atoms with Gasteiger partial charge in [-0.3, -0.25) is 4.79 Å². The second-order valence-corrected chi connectivity index (χ2v) is 7.02. The molecule has 0 unspecified atom stereocenters. The third-order valence-corrected chi connectivity index (χ3v) is 3.61. The van der Waals surface area contributed by atoms with E-state index >= 15 is 0 Å². The third-order valence-electron chi connectivity index (χ3n) is 3.61. The first-order chi connectivity index (χ1) is 11.3. The summed E-state index contributed by atoms with van der Waals surface area (Å²) in [6.45, 7) is 0.496. The summed E-state index contributed by atoms with van der Waals surface area (Å²) in [5.74, 6) is -0.395. The summed E-state index contributed by atoms with van der Waals surface area (Å²) in [5.41, 5.74) is 1.83. The van der Waals surface area contributed by atoms with E-state index in [0.29, 0.717) is 11.0 Å². The average Bonchev–Trinajstić information content (AvgIpc) is 2.52. The molecule has 5 heteroatoms. The van der Waals surface area contributed by atoms with Gasteiger partial charge in [-0.05, 0) is 11.1 Å². The first-order valence-corrected chi connectivity index (χ1v) is 8.13. The van der Waals surface area contributed by atoms with E-state index in [1.165, 1.54) is 0 Å². The Morgan fingerprint density at radius 1 is 0.960 bits per heavy atom. The molecule has 25 heavy (non-hydrogen) atoms. The number of nitrogens with zero attached hydrogens (tertiary/aromatic N) is 1. The Morgan fingerprint density at radius 2 is 1.40 bits per heavy atom. The standard InChI is InChI=1S/C20H26NO3.ClH/c1-21(2,3)15-18(22)14-19(23)24-20(16-10-6-4-7-11-16)17-12-8-5-9-13-17;/h4-13,18,20,22H,14-15H2,1-3H3;1H/q+1;/p-1/t18-;/m0./s1. The fraction of sp³-hybridized carbons (Fsp3) is 0.350. The first-order valence-electron chi connectivity index (χ1n) is 8.13. The molecule has 2 rings (SSSR count). The largest absolute Gasteiger partial charge is 1.00 e. The van der Waals surface area contributed by atoms with Crippen molar-refractivity contribution in [1.29, 1.82) is 0 Å². The molecular formula is C20H26ClNO3. The van der Waals surface area contributed by atoms with Crippen LogP contribution in [-0.4, -0.2) is 49.4 Å². The number of carbonyl (C=O) groups excluding carboxylic acids is 1. The summed E-state index contributed by atoms with van der Waals surface area (Å²) in [6.07, 6.45) is -1.19. The Labute approximate surface area is 156 Å². The molecule has 0 aromatic heterocycles. The van der Waals surface area contributed by atoms with Gasteiger partial charge in [-0.1, -0.05) is 60.7 Å². The summed E-state index contributed by atoms with van der Waals surface area (Å²) in [6, 6.07) is 19.3. The fourth-order valence-electron chi connectivity index (χ4n) is 2.65. The summed E-state index contributed by atoms with van der Waals surface area (Å²) < 4.78 is 6.29. The molecular weight excluding hydrogens is 338 g/mol. The lowest BCUT2D eigenvalue weighted by atomic mass is 10.0. The molecule has 0 saturated heterocycles. The van der Waals surface area contributed by atoms with Crippen molar-refractivity contribution in [3.05, 3.63) is 71.8 Å². The predicted octanol–water partition coefficient (Wildman–Crippen LogP) is -0.220. The van der Waals surface area contributed by atoms with E-state index in [1.807, 2.05) is 81.8 Å². The molecule has 4 nitrogen and oxygen atoms in total. The molecule has 0 aliphatic rings. The molecule has 1 atom stereocenters. The van der Waals surface area contributed by atoms with Crippen LogP contribution in [0.1, 0.15) is 23.7 Å². The molecule has 0 heterocycles. The first kappa shape index (κ1) is 21.2. The van der Waals surface area contributed by atoms with Gasteiger partial charge in [0.15, 0.2) is 6.10 Å². The van der Waals surface area contributed by atoms with Crippen molar-refractivity contribution < 1.29 is 31.5 Å². The van der Waals surface area contributed by atoms with Crippen LogP contribution in [-0.2, 0) is 9.53 Å². The number of halogens is 1. The highest BCUT2D eigenvalue weighted by Gasteiger charge is 2.23. The van der Waals surface area contributed by atoms with Crippen molar-refractivity contribution in [2.24, 2.45) is 0 Å². The van der Waals surface area contributed by atoms with E-state index in [9.17, 15) is 9.90 Å². The highest BCUT2D eigenvalue weighted by atomic mass is 35.5. The maximum Gasteiger partial charge on any atom is 0.309 e. The minimum Gasteiger partial charge on any atom is -1.00 e. The van der Waals surface area contributed by atoms with Gasteiger partial charge in [-0.25, -0.2) is 0 Å². The van der Waals surface area contributed by atoms with Gasteiger partial charge in [-0.15, -0.1) is 0 Å². The highest BCUT2D eigenvalue weighted by molar-refractivity contribution is 5.70. The Kier molecular flexibility index (Phi) is 8.10. The maximum absolute atomic E-state index is 12.3. The Morgan fingerprint density at radius 3 is 1.80 bits per heavy atom. The number of ether oxygens (including phenoxy) is 1.